The monoisotopic (exact) mass is 385 g/mol. The zero-order chi connectivity index (χ0) is 11.3. The molecule has 2 heterocycles. The van der Waals surface area contributed by atoms with Gasteiger partial charge in [-0.15, -0.1) is 0 Å². The lowest BCUT2D eigenvalue weighted by molar-refractivity contribution is 0.0521. The van der Waals surface area contributed by atoms with Gasteiger partial charge in [-0.05, 0) is 22.0 Å². The Hall–Kier alpha value is 0.305. The Morgan fingerprint density at radius 1 is 1.47 bits per heavy atom. The minimum Gasteiger partial charge on any atom is -0.423 e. The van der Waals surface area contributed by atoms with E-state index in [-0.39, 0.29) is 0 Å². The van der Waals surface area contributed by atoms with Gasteiger partial charge >= 0.3 is 7.12 Å². The van der Waals surface area contributed by atoms with Crippen molar-refractivity contribution in [3.63, 3.8) is 0 Å². The second kappa shape index (κ2) is 6.79. The fourth-order valence-electron chi connectivity index (χ4n) is 0.776. The first-order valence-corrected chi connectivity index (χ1v) is 6.32. The largest absolute Gasteiger partial charge is 0.490 e. The molecule has 1 aromatic rings. The lowest BCUT2D eigenvalue weighted by Gasteiger charge is -2.18. The summed E-state index contributed by atoms with van der Waals surface area (Å²) < 4.78 is 6.37. The Balaban J connectivity index is 0.000000187. The van der Waals surface area contributed by atoms with Crippen LogP contribution in [-0.4, -0.2) is 39.3 Å². The fourth-order valence-corrected chi connectivity index (χ4v) is 1.67. The molecular weight excluding hydrogens is 376 g/mol. The molecule has 0 saturated carbocycles. The number of hydrogen-bond donors (Lipinski definition) is 2. The molecule has 0 aromatic carbocycles. The van der Waals surface area contributed by atoms with E-state index in [1.165, 1.54) is 6.20 Å². The molecule has 7 heteroatoms. The quantitative estimate of drug-likeness (QED) is 0.416. The molecule has 15 heavy (non-hydrogen) atoms. The van der Waals surface area contributed by atoms with Crippen molar-refractivity contribution in [2.45, 2.75) is 3.92 Å². The van der Waals surface area contributed by atoms with Crippen LogP contribution in [-0.2, 0) is 4.74 Å². The Labute approximate surface area is 110 Å². The van der Waals surface area contributed by atoms with Crippen molar-refractivity contribution in [2.75, 3.05) is 13.2 Å². The number of nitrogens with zero attached hydrogens (tertiary/aromatic N) is 1. The molecule has 1 fully saturated rings. The van der Waals surface area contributed by atoms with Gasteiger partial charge in [-0.1, -0.05) is 22.6 Å². The van der Waals surface area contributed by atoms with Crippen LogP contribution in [0, 0.1) is 0 Å². The summed E-state index contributed by atoms with van der Waals surface area (Å²) in [6, 6.07) is 1.59. The molecule has 0 aliphatic carbocycles. The lowest BCUT2D eigenvalue weighted by atomic mass is 9.82. The van der Waals surface area contributed by atoms with Gasteiger partial charge in [0, 0.05) is 22.3 Å². The molecule has 1 saturated heterocycles. The van der Waals surface area contributed by atoms with E-state index in [4.69, 9.17) is 14.8 Å². The third-order valence-electron chi connectivity index (χ3n) is 1.62. The molecule has 0 spiro atoms. The number of pyridine rings is 1. The Bertz CT molecular complexity index is 312. The summed E-state index contributed by atoms with van der Waals surface area (Å²) in [5.41, 5.74) is 0.384. The second-order valence-electron chi connectivity index (χ2n) is 2.94. The maximum Gasteiger partial charge on any atom is 0.490 e. The summed E-state index contributed by atoms with van der Waals surface area (Å²) in [7, 11) is -1.44. The van der Waals surface area contributed by atoms with E-state index in [1.54, 1.807) is 12.3 Å². The minimum absolute atomic E-state index is 0.384. The van der Waals surface area contributed by atoms with Gasteiger partial charge in [0.15, 0.2) is 0 Å². The number of halogens is 2. The van der Waals surface area contributed by atoms with Crippen molar-refractivity contribution in [1.29, 1.82) is 0 Å². The second-order valence-corrected chi connectivity index (χ2v) is 5.62. The molecule has 1 aliphatic rings. The maximum atomic E-state index is 8.64. The summed E-state index contributed by atoms with van der Waals surface area (Å²) in [5.74, 6) is 0. The Kier molecular flexibility index (Phi) is 6.06. The summed E-state index contributed by atoms with van der Waals surface area (Å²) in [5, 5.41) is 17.3. The van der Waals surface area contributed by atoms with Gasteiger partial charge in [0.2, 0.25) is 0 Å². The van der Waals surface area contributed by atoms with Crippen molar-refractivity contribution in [1.82, 2.24) is 4.98 Å². The van der Waals surface area contributed by atoms with Gasteiger partial charge in [-0.2, -0.15) is 0 Å². The molecule has 82 valence electrons. The van der Waals surface area contributed by atoms with Gasteiger partial charge < -0.3 is 14.8 Å². The average molecular weight is 386 g/mol. The zero-order valence-electron chi connectivity index (χ0n) is 7.81. The molecule has 1 aliphatic heterocycles. The summed E-state index contributed by atoms with van der Waals surface area (Å²) in [4.78, 5) is 3.74. The standard InChI is InChI=1S/C5H5BBrNO2.C3H5IO/c7-5-1-4(6(9)10)2-8-3-5;4-3-1-5-2-3/h1-3,9-10H;3H,1-2H2. The van der Waals surface area contributed by atoms with Crippen molar-refractivity contribution < 1.29 is 14.8 Å². The van der Waals surface area contributed by atoms with Crippen LogP contribution in [0.1, 0.15) is 0 Å². The molecule has 4 nitrogen and oxygen atoms in total. The van der Waals surface area contributed by atoms with Crippen molar-refractivity contribution in [2.24, 2.45) is 0 Å². The molecule has 1 aromatic heterocycles. The third-order valence-corrected chi connectivity index (χ3v) is 2.77. The summed E-state index contributed by atoms with van der Waals surface area (Å²) in [6.07, 6.45) is 2.97. The SMILES string of the molecule is IC1COC1.OB(O)c1cncc(Br)c1. The van der Waals surface area contributed by atoms with Crippen LogP contribution < -0.4 is 5.46 Å². The van der Waals surface area contributed by atoms with Crippen LogP contribution in [0.5, 0.6) is 0 Å². The highest BCUT2D eigenvalue weighted by Gasteiger charge is 2.12. The topological polar surface area (TPSA) is 62.6 Å². The lowest BCUT2D eigenvalue weighted by Crippen LogP contribution is -2.29. The number of ether oxygens (including phenoxy) is 1. The zero-order valence-corrected chi connectivity index (χ0v) is 11.6. The van der Waals surface area contributed by atoms with Crippen LogP contribution in [0.15, 0.2) is 22.9 Å². The predicted molar refractivity (Wildman–Crippen MR) is 70.4 cm³/mol. The highest BCUT2D eigenvalue weighted by atomic mass is 127. The smallest absolute Gasteiger partial charge is 0.423 e. The molecule has 0 bridgehead atoms. The van der Waals surface area contributed by atoms with Crippen LogP contribution in [0.4, 0.5) is 0 Å². The van der Waals surface area contributed by atoms with Crippen LogP contribution >= 0.6 is 38.5 Å². The summed E-state index contributed by atoms with van der Waals surface area (Å²) >= 11 is 5.51. The van der Waals surface area contributed by atoms with E-state index >= 15 is 0 Å². The van der Waals surface area contributed by atoms with E-state index in [9.17, 15) is 0 Å². The molecule has 0 radical (unpaired) electrons. The van der Waals surface area contributed by atoms with E-state index in [0.717, 1.165) is 21.6 Å². The summed E-state index contributed by atoms with van der Waals surface area (Å²) in [6.45, 7) is 1.95. The first-order valence-electron chi connectivity index (χ1n) is 4.28. The fraction of sp³-hybridized carbons (Fsp3) is 0.375. The van der Waals surface area contributed by atoms with Gasteiger partial charge in [0.05, 0.1) is 17.1 Å². The van der Waals surface area contributed by atoms with Crippen molar-refractivity contribution >= 4 is 51.1 Å². The van der Waals surface area contributed by atoms with Crippen LogP contribution in [0.25, 0.3) is 0 Å². The van der Waals surface area contributed by atoms with Crippen LogP contribution in [0.2, 0.25) is 0 Å². The van der Waals surface area contributed by atoms with Gasteiger partial charge in [0.25, 0.3) is 0 Å². The Morgan fingerprint density at radius 2 is 2.07 bits per heavy atom. The van der Waals surface area contributed by atoms with E-state index in [2.05, 4.69) is 43.5 Å². The average Bonchev–Trinajstić information content (AvgIpc) is 2.16. The highest BCUT2D eigenvalue weighted by molar-refractivity contribution is 14.1. The number of aromatic nitrogens is 1. The first-order chi connectivity index (χ1) is 7.09. The van der Waals surface area contributed by atoms with Gasteiger partial charge in [-0.3, -0.25) is 4.98 Å². The minimum atomic E-state index is -1.44. The predicted octanol–water partition coefficient (Wildman–Crippen LogP) is 0.344. The van der Waals surface area contributed by atoms with E-state index < -0.39 is 7.12 Å². The Morgan fingerprint density at radius 3 is 2.33 bits per heavy atom. The van der Waals surface area contributed by atoms with Crippen LogP contribution in [0.3, 0.4) is 0 Å². The molecule has 2 N–H and O–H groups in total. The van der Waals surface area contributed by atoms with Crippen molar-refractivity contribution in [3.8, 4) is 0 Å². The molecular formula is C8H10BBrINO3. The maximum absolute atomic E-state index is 8.64. The number of alkyl halides is 1. The van der Waals surface area contributed by atoms with E-state index in [0.29, 0.717) is 5.46 Å². The third kappa shape index (κ3) is 5.25. The van der Waals surface area contributed by atoms with Crippen molar-refractivity contribution in [3.05, 3.63) is 22.9 Å². The number of hydrogen-bond acceptors (Lipinski definition) is 4. The van der Waals surface area contributed by atoms with E-state index in [1.807, 2.05) is 0 Å². The molecule has 0 amide bonds. The normalized spacial score (nSPS) is 14.9. The molecule has 2 rings (SSSR count). The molecule has 0 unspecified atom stereocenters. The molecule has 0 atom stereocenters. The number of rotatable bonds is 1. The first kappa shape index (κ1) is 13.4. The van der Waals surface area contributed by atoms with Gasteiger partial charge in [-0.25, -0.2) is 0 Å². The highest BCUT2D eigenvalue weighted by Crippen LogP contribution is 2.09. The van der Waals surface area contributed by atoms with Gasteiger partial charge in [0.1, 0.15) is 0 Å².